The first kappa shape index (κ1) is 16.3. The van der Waals surface area contributed by atoms with Gasteiger partial charge in [-0.3, -0.25) is 4.79 Å². The number of aliphatic carboxylic acids is 1. The first-order chi connectivity index (χ1) is 9.92. The zero-order valence-corrected chi connectivity index (χ0v) is 11.8. The van der Waals surface area contributed by atoms with Crippen molar-refractivity contribution in [2.24, 2.45) is 0 Å². The number of hydrogen-bond donors (Lipinski definition) is 3. The van der Waals surface area contributed by atoms with Crippen molar-refractivity contribution in [3.05, 3.63) is 24.3 Å². The number of carbonyl (C=O) groups is 3. The zero-order valence-electron chi connectivity index (χ0n) is 11.8. The average Bonchev–Trinajstić information content (AvgIpc) is 2.46. The quantitative estimate of drug-likeness (QED) is 0.702. The summed E-state index contributed by atoms with van der Waals surface area (Å²) in [6.07, 6.45) is 0. The molecule has 0 heterocycles. The largest absolute Gasteiger partial charge is 0.482 e. The standard InChI is InChI=1S/C13H17N3O5/c1-14-11(17)7-16(2)13(20)15-9-3-5-10(6-4-9)21-8-12(18)19/h3-6H,7-8H2,1-2H3,(H,14,17)(H,15,20)(H,18,19). The minimum atomic E-state index is -1.07. The summed E-state index contributed by atoms with van der Waals surface area (Å²) < 4.78 is 4.97. The maximum atomic E-state index is 11.8. The van der Waals surface area contributed by atoms with Gasteiger partial charge in [0.15, 0.2) is 6.61 Å². The van der Waals surface area contributed by atoms with Crippen LogP contribution in [0.2, 0.25) is 0 Å². The fourth-order valence-electron chi connectivity index (χ4n) is 1.36. The lowest BCUT2D eigenvalue weighted by Gasteiger charge is -2.17. The van der Waals surface area contributed by atoms with Gasteiger partial charge in [0, 0.05) is 19.8 Å². The number of anilines is 1. The van der Waals surface area contributed by atoms with E-state index < -0.39 is 18.6 Å². The molecule has 0 aromatic heterocycles. The van der Waals surface area contributed by atoms with Crippen LogP contribution in [0.1, 0.15) is 0 Å². The highest BCUT2D eigenvalue weighted by molar-refractivity contribution is 5.92. The van der Waals surface area contributed by atoms with Gasteiger partial charge in [-0.15, -0.1) is 0 Å². The van der Waals surface area contributed by atoms with Gasteiger partial charge in [-0.05, 0) is 24.3 Å². The van der Waals surface area contributed by atoms with Crippen molar-refractivity contribution in [2.75, 3.05) is 32.6 Å². The van der Waals surface area contributed by atoms with Gasteiger partial charge in [-0.25, -0.2) is 9.59 Å². The molecule has 0 bridgehead atoms. The van der Waals surface area contributed by atoms with E-state index >= 15 is 0 Å². The lowest BCUT2D eigenvalue weighted by Crippen LogP contribution is -2.39. The van der Waals surface area contributed by atoms with Crippen LogP contribution in [-0.4, -0.2) is 55.2 Å². The van der Waals surface area contributed by atoms with E-state index in [1.54, 1.807) is 12.1 Å². The second-order valence-electron chi connectivity index (χ2n) is 4.17. The van der Waals surface area contributed by atoms with Crippen molar-refractivity contribution in [2.45, 2.75) is 0 Å². The lowest BCUT2D eigenvalue weighted by atomic mass is 10.3. The third-order valence-corrected chi connectivity index (χ3v) is 2.47. The fourth-order valence-corrected chi connectivity index (χ4v) is 1.36. The minimum Gasteiger partial charge on any atom is -0.482 e. The van der Waals surface area contributed by atoms with Crippen LogP contribution in [-0.2, 0) is 9.59 Å². The Morgan fingerprint density at radius 2 is 1.86 bits per heavy atom. The normalized spacial score (nSPS) is 9.62. The van der Waals surface area contributed by atoms with E-state index in [0.29, 0.717) is 11.4 Å². The Morgan fingerprint density at radius 1 is 1.24 bits per heavy atom. The van der Waals surface area contributed by atoms with Crippen LogP contribution in [0.4, 0.5) is 10.5 Å². The molecule has 0 unspecified atom stereocenters. The van der Waals surface area contributed by atoms with Gasteiger partial charge >= 0.3 is 12.0 Å². The second kappa shape index (κ2) is 7.73. The van der Waals surface area contributed by atoms with Crippen molar-refractivity contribution in [1.82, 2.24) is 10.2 Å². The number of urea groups is 1. The van der Waals surface area contributed by atoms with Crippen molar-refractivity contribution in [3.8, 4) is 5.75 Å². The average molecular weight is 295 g/mol. The van der Waals surface area contributed by atoms with Crippen molar-refractivity contribution in [1.29, 1.82) is 0 Å². The molecule has 0 aliphatic heterocycles. The van der Waals surface area contributed by atoms with Crippen LogP contribution < -0.4 is 15.4 Å². The highest BCUT2D eigenvalue weighted by atomic mass is 16.5. The van der Waals surface area contributed by atoms with Gasteiger partial charge in [-0.2, -0.15) is 0 Å². The molecular formula is C13H17N3O5. The third kappa shape index (κ3) is 5.81. The third-order valence-electron chi connectivity index (χ3n) is 2.47. The molecule has 8 nitrogen and oxygen atoms in total. The van der Waals surface area contributed by atoms with E-state index in [2.05, 4.69) is 10.6 Å². The molecule has 8 heteroatoms. The summed E-state index contributed by atoms with van der Waals surface area (Å²) >= 11 is 0. The number of nitrogens with one attached hydrogen (secondary N) is 2. The number of hydrogen-bond acceptors (Lipinski definition) is 4. The molecule has 1 rings (SSSR count). The Bertz CT molecular complexity index is 515. The summed E-state index contributed by atoms with van der Waals surface area (Å²) in [4.78, 5) is 34.5. The van der Waals surface area contributed by atoms with Gasteiger partial charge in [0.25, 0.3) is 0 Å². The maximum Gasteiger partial charge on any atom is 0.341 e. The molecule has 0 fully saturated rings. The topological polar surface area (TPSA) is 108 Å². The number of ether oxygens (including phenoxy) is 1. The van der Waals surface area contributed by atoms with E-state index in [9.17, 15) is 14.4 Å². The van der Waals surface area contributed by atoms with Gasteiger partial charge in [0.2, 0.25) is 5.91 Å². The van der Waals surface area contributed by atoms with Crippen LogP contribution in [0.3, 0.4) is 0 Å². The van der Waals surface area contributed by atoms with E-state index in [4.69, 9.17) is 9.84 Å². The Hall–Kier alpha value is -2.77. The molecule has 0 radical (unpaired) electrons. The Morgan fingerprint density at radius 3 is 2.38 bits per heavy atom. The number of likely N-dealkylation sites (N-methyl/N-ethyl adjacent to an activating group) is 2. The maximum absolute atomic E-state index is 11.8. The number of carbonyl (C=O) groups excluding carboxylic acids is 2. The number of nitrogens with zero attached hydrogens (tertiary/aromatic N) is 1. The molecular weight excluding hydrogens is 278 g/mol. The van der Waals surface area contributed by atoms with Crippen LogP contribution in [0.25, 0.3) is 0 Å². The highest BCUT2D eigenvalue weighted by Crippen LogP contribution is 2.15. The molecule has 114 valence electrons. The number of rotatable bonds is 6. The van der Waals surface area contributed by atoms with E-state index in [1.165, 1.54) is 31.1 Å². The molecule has 1 aromatic carbocycles. The smallest absolute Gasteiger partial charge is 0.341 e. The fraction of sp³-hybridized carbons (Fsp3) is 0.308. The Labute approximate surface area is 121 Å². The summed E-state index contributed by atoms with van der Waals surface area (Å²) in [5.74, 6) is -0.956. The van der Waals surface area contributed by atoms with Crippen molar-refractivity contribution >= 4 is 23.6 Å². The predicted molar refractivity (Wildman–Crippen MR) is 75.3 cm³/mol. The number of carboxylic acids is 1. The van der Waals surface area contributed by atoms with E-state index in [1.807, 2.05) is 0 Å². The summed E-state index contributed by atoms with van der Waals surface area (Å²) in [5.41, 5.74) is 0.506. The van der Waals surface area contributed by atoms with Crippen LogP contribution in [0.5, 0.6) is 5.75 Å². The Kier molecular flexibility index (Phi) is 5.99. The zero-order chi connectivity index (χ0) is 15.8. The molecule has 0 spiro atoms. The molecule has 21 heavy (non-hydrogen) atoms. The molecule has 0 atom stereocenters. The molecule has 0 aliphatic rings. The van der Waals surface area contributed by atoms with Gasteiger partial charge in [0.05, 0.1) is 0 Å². The number of carboxylic acid groups (broad SMARTS) is 1. The second-order valence-corrected chi connectivity index (χ2v) is 4.17. The first-order valence-corrected chi connectivity index (χ1v) is 6.09. The number of amides is 3. The SMILES string of the molecule is CNC(=O)CN(C)C(=O)Nc1ccc(OCC(=O)O)cc1. The minimum absolute atomic E-state index is 0.0534. The molecule has 1 aromatic rings. The van der Waals surface area contributed by atoms with E-state index in [-0.39, 0.29) is 12.5 Å². The summed E-state index contributed by atoms with van der Waals surface area (Å²) in [5, 5.41) is 13.5. The molecule has 3 N–H and O–H groups in total. The monoisotopic (exact) mass is 295 g/mol. The summed E-state index contributed by atoms with van der Waals surface area (Å²) in [6, 6.07) is 5.79. The first-order valence-electron chi connectivity index (χ1n) is 6.09. The van der Waals surface area contributed by atoms with Crippen LogP contribution in [0.15, 0.2) is 24.3 Å². The highest BCUT2D eigenvalue weighted by Gasteiger charge is 2.11. The summed E-state index contributed by atoms with van der Waals surface area (Å²) in [6.45, 7) is -0.483. The van der Waals surface area contributed by atoms with E-state index in [0.717, 1.165) is 0 Å². The summed E-state index contributed by atoms with van der Waals surface area (Å²) in [7, 11) is 2.98. The van der Waals surface area contributed by atoms with Crippen LogP contribution >= 0.6 is 0 Å². The van der Waals surface area contributed by atoms with Gasteiger partial charge in [-0.1, -0.05) is 0 Å². The molecule has 0 aliphatic carbocycles. The molecule has 0 saturated heterocycles. The van der Waals surface area contributed by atoms with Crippen LogP contribution in [0, 0.1) is 0 Å². The Balaban J connectivity index is 2.53. The van der Waals surface area contributed by atoms with Gasteiger partial charge in [0.1, 0.15) is 12.3 Å². The van der Waals surface area contributed by atoms with Crippen molar-refractivity contribution < 1.29 is 24.2 Å². The predicted octanol–water partition coefficient (Wildman–Crippen LogP) is 0.360. The number of benzene rings is 1. The van der Waals surface area contributed by atoms with Gasteiger partial charge < -0.3 is 25.4 Å². The lowest BCUT2D eigenvalue weighted by molar-refractivity contribution is -0.139. The van der Waals surface area contributed by atoms with Crippen molar-refractivity contribution in [3.63, 3.8) is 0 Å². The molecule has 3 amide bonds. The molecule has 0 saturated carbocycles.